The summed E-state index contributed by atoms with van der Waals surface area (Å²) in [5.41, 5.74) is 2.06. The lowest BCUT2D eigenvalue weighted by Gasteiger charge is -2.33. The first-order valence-corrected chi connectivity index (χ1v) is 14.9. The highest BCUT2D eigenvalue weighted by atomic mass is 79.9. The summed E-state index contributed by atoms with van der Waals surface area (Å²) in [6, 6.07) is 27.8. The third kappa shape index (κ3) is 8.75. The Kier molecular flexibility index (Phi) is 10.7. The summed E-state index contributed by atoms with van der Waals surface area (Å²) in [4.78, 5) is 30.5. The van der Waals surface area contributed by atoms with Crippen LogP contribution in [0.4, 0.5) is 0 Å². The first kappa shape index (κ1) is 27.5. The molecule has 0 spiro atoms. The summed E-state index contributed by atoms with van der Waals surface area (Å²) in [5.74, 6) is 0.630. The van der Waals surface area contributed by atoms with E-state index in [1.54, 1.807) is 16.7 Å². The molecular formula is C31H35BrN2O2S. The molecule has 3 aromatic rings. The lowest BCUT2D eigenvalue weighted by Crippen LogP contribution is -2.52. The van der Waals surface area contributed by atoms with Crippen molar-refractivity contribution in [3.8, 4) is 0 Å². The van der Waals surface area contributed by atoms with Crippen molar-refractivity contribution >= 4 is 39.5 Å². The molecule has 0 heterocycles. The molecule has 2 amide bonds. The second kappa shape index (κ2) is 14.4. The van der Waals surface area contributed by atoms with Gasteiger partial charge in [0.25, 0.3) is 0 Å². The number of carbonyl (C=O) groups is 2. The molecule has 37 heavy (non-hydrogen) atoms. The molecule has 1 aliphatic rings. The predicted octanol–water partition coefficient (Wildman–Crippen LogP) is 7.02. The maximum Gasteiger partial charge on any atom is 0.243 e. The van der Waals surface area contributed by atoms with Crippen LogP contribution >= 0.6 is 27.7 Å². The number of benzene rings is 3. The van der Waals surface area contributed by atoms with Crippen LogP contribution in [-0.4, -0.2) is 34.6 Å². The Hall–Kier alpha value is -2.57. The highest BCUT2D eigenvalue weighted by molar-refractivity contribution is 9.10. The normalized spacial score (nSPS) is 14.6. The molecule has 6 heteroatoms. The standard InChI is InChI=1S/C31H35BrN2O2S/c32-26-18-16-25(17-19-26)23-34(30(35)20-21-37-28-14-8-3-9-15-28)29(22-24-10-4-1-5-11-24)31(36)33-27-12-6-2-7-13-27/h1,3-5,8-11,14-19,27,29H,2,6-7,12-13,20-23H2,(H,33,36)/t29-/m0/s1. The van der Waals surface area contributed by atoms with Gasteiger partial charge in [-0.1, -0.05) is 95.9 Å². The molecule has 0 radical (unpaired) electrons. The third-order valence-electron chi connectivity index (χ3n) is 6.82. The van der Waals surface area contributed by atoms with Crippen LogP contribution in [0.2, 0.25) is 0 Å². The predicted molar refractivity (Wildman–Crippen MR) is 155 cm³/mol. The number of hydrogen-bond acceptors (Lipinski definition) is 3. The molecular weight excluding hydrogens is 544 g/mol. The second-order valence-corrected chi connectivity index (χ2v) is 11.7. The summed E-state index contributed by atoms with van der Waals surface area (Å²) < 4.78 is 0.990. The van der Waals surface area contributed by atoms with Crippen molar-refractivity contribution in [2.45, 2.75) is 68.5 Å². The van der Waals surface area contributed by atoms with Gasteiger partial charge < -0.3 is 10.2 Å². The number of amides is 2. The van der Waals surface area contributed by atoms with Gasteiger partial charge in [-0.3, -0.25) is 9.59 Å². The van der Waals surface area contributed by atoms with Crippen LogP contribution in [-0.2, 0) is 22.6 Å². The van der Waals surface area contributed by atoms with E-state index in [1.165, 1.54) is 6.42 Å². The Balaban J connectivity index is 1.56. The Morgan fingerprint density at radius 3 is 2.19 bits per heavy atom. The van der Waals surface area contributed by atoms with Crippen LogP contribution < -0.4 is 5.32 Å². The molecule has 0 aliphatic heterocycles. The quantitative estimate of drug-likeness (QED) is 0.249. The minimum Gasteiger partial charge on any atom is -0.352 e. The number of rotatable bonds is 11. The van der Waals surface area contributed by atoms with E-state index in [0.29, 0.717) is 25.1 Å². The van der Waals surface area contributed by atoms with Crippen LogP contribution in [0.25, 0.3) is 0 Å². The van der Waals surface area contributed by atoms with Gasteiger partial charge in [0.1, 0.15) is 6.04 Å². The van der Waals surface area contributed by atoms with E-state index in [1.807, 2.05) is 72.8 Å². The number of thioether (sulfide) groups is 1. The number of halogens is 1. The van der Waals surface area contributed by atoms with Crippen molar-refractivity contribution in [3.05, 3.63) is 101 Å². The first-order valence-electron chi connectivity index (χ1n) is 13.1. The van der Waals surface area contributed by atoms with Crippen LogP contribution in [0.15, 0.2) is 94.3 Å². The second-order valence-electron chi connectivity index (χ2n) is 9.61. The molecule has 3 aromatic carbocycles. The zero-order valence-corrected chi connectivity index (χ0v) is 23.6. The van der Waals surface area contributed by atoms with Crippen LogP contribution in [0.1, 0.15) is 49.7 Å². The van der Waals surface area contributed by atoms with E-state index >= 15 is 0 Å². The van der Waals surface area contributed by atoms with Crippen LogP contribution in [0, 0.1) is 0 Å². The van der Waals surface area contributed by atoms with E-state index in [4.69, 9.17) is 0 Å². The fourth-order valence-electron chi connectivity index (χ4n) is 4.80. The largest absolute Gasteiger partial charge is 0.352 e. The van der Waals surface area contributed by atoms with Crippen LogP contribution in [0.3, 0.4) is 0 Å². The summed E-state index contributed by atoms with van der Waals surface area (Å²) >= 11 is 5.17. The van der Waals surface area contributed by atoms with E-state index < -0.39 is 6.04 Å². The first-order chi connectivity index (χ1) is 18.1. The summed E-state index contributed by atoms with van der Waals surface area (Å²) in [6.07, 6.45) is 6.41. The molecule has 1 aliphatic carbocycles. The van der Waals surface area contributed by atoms with Gasteiger partial charge in [0, 0.05) is 40.5 Å². The zero-order chi connectivity index (χ0) is 25.9. The highest BCUT2D eigenvalue weighted by Crippen LogP contribution is 2.23. The van der Waals surface area contributed by atoms with Crippen molar-refractivity contribution in [1.82, 2.24) is 10.2 Å². The molecule has 1 N–H and O–H groups in total. The monoisotopic (exact) mass is 578 g/mol. The molecule has 4 rings (SSSR count). The highest BCUT2D eigenvalue weighted by Gasteiger charge is 2.31. The molecule has 0 saturated heterocycles. The SMILES string of the molecule is O=C(NC1CCCCC1)[C@H](Cc1ccccc1)N(Cc1ccc(Br)cc1)C(=O)CCSc1ccccc1. The van der Waals surface area contributed by atoms with Gasteiger partial charge >= 0.3 is 0 Å². The average molecular weight is 580 g/mol. The van der Waals surface area contributed by atoms with Crippen molar-refractivity contribution in [3.63, 3.8) is 0 Å². The molecule has 1 fully saturated rings. The van der Waals surface area contributed by atoms with Gasteiger partial charge in [-0.25, -0.2) is 0 Å². The van der Waals surface area contributed by atoms with Crippen molar-refractivity contribution in [2.75, 3.05) is 5.75 Å². The van der Waals surface area contributed by atoms with Crippen molar-refractivity contribution < 1.29 is 9.59 Å². The van der Waals surface area contributed by atoms with Crippen LogP contribution in [0.5, 0.6) is 0 Å². The minimum absolute atomic E-state index is 0.00563. The van der Waals surface area contributed by atoms with E-state index in [-0.39, 0.29) is 17.9 Å². The van der Waals surface area contributed by atoms with Crippen molar-refractivity contribution in [1.29, 1.82) is 0 Å². The smallest absolute Gasteiger partial charge is 0.243 e. The summed E-state index contributed by atoms with van der Waals surface area (Å²) in [5, 5.41) is 3.31. The number of hydrogen-bond donors (Lipinski definition) is 1. The summed E-state index contributed by atoms with van der Waals surface area (Å²) in [6.45, 7) is 0.400. The lowest BCUT2D eigenvalue weighted by atomic mass is 9.94. The third-order valence-corrected chi connectivity index (χ3v) is 8.36. The van der Waals surface area contributed by atoms with Gasteiger partial charge in [0.15, 0.2) is 0 Å². The minimum atomic E-state index is -0.567. The molecule has 0 aromatic heterocycles. The molecule has 0 unspecified atom stereocenters. The van der Waals surface area contributed by atoms with E-state index in [2.05, 4.69) is 33.4 Å². The zero-order valence-electron chi connectivity index (χ0n) is 21.2. The van der Waals surface area contributed by atoms with E-state index in [9.17, 15) is 9.59 Å². The van der Waals surface area contributed by atoms with Gasteiger partial charge in [-0.05, 0) is 48.2 Å². The molecule has 1 atom stereocenters. The topological polar surface area (TPSA) is 49.4 Å². The Bertz CT molecular complexity index is 1120. The fraction of sp³-hybridized carbons (Fsp3) is 0.355. The Morgan fingerprint density at radius 2 is 1.51 bits per heavy atom. The molecule has 1 saturated carbocycles. The molecule has 0 bridgehead atoms. The Labute approximate surface area is 233 Å². The van der Waals surface area contributed by atoms with Gasteiger partial charge in [0.2, 0.25) is 11.8 Å². The number of carbonyl (C=O) groups excluding carboxylic acids is 2. The number of nitrogens with one attached hydrogen (secondary N) is 1. The van der Waals surface area contributed by atoms with Crippen molar-refractivity contribution in [2.24, 2.45) is 0 Å². The molecule has 194 valence electrons. The maximum absolute atomic E-state index is 13.8. The van der Waals surface area contributed by atoms with Gasteiger partial charge in [-0.15, -0.1) is 11.8 Å². The fourth-order valence-corrected chi connectivity index (χ4v) is 5.93. The van der Waals surface area contributed by atoms with E-state index in [0.717, 1.165) is 46.2 Å². The Morgan fingerprint density at radius 1 is 0.865 bits per heavy atom. The maximum atomic E-state index is 13.8. The van der Waals surface area contributed by atoms with Gasteiger partial charge in [-0.2, -0.15) is 0 Å². The molecule has 4 nitrogen and oxygen atoms in total. The van der Waals surface area contributed by atoms with Gasteiger partial charge in [0.05, 0.1) is 0 Å². The average Bonchev–Trinajstić information content (AvgIpc) is 2.93. The lowest BCUT2D eigenvalue weighted by molar-refractivity contribution is -0.141. The number of nitrogens with zero attached hydrogens (tertiary/aromatic N) is 1. The summed E-state index contributed by atoms with van der Waals surface area (Å²) in [7, 11) is 0.